The van der Waals surface area contributed by atoms with Gasteiger partial charge in [-0.1, -0.05) is 25.1 Å². The fourth-order valence-corrected chi connectivity index (χ4v) is 5.24. The summed E-state index contributed by atoms with van der Waals surface area (Å²) in [6.07, 6.45) is 1.02. The molecule has 1 N–H and O–H groups in total. The summed E-state index contributed by atoms with van der Waals surface area (Å²) >= 11 is 3.59. The van der Waals surface area contributed by atoms with Gasteiger partial charge in [0, 0.05) is 17.0 Å². The van der Waals surface area contributed by atoms with Gasteiger partial charge >= 0.3 is 0 Å². The first kappa shape index (κ1) is 21.8. The van der Waals surface area contributed by atoms with Crippen molar-refractivity contribution < 1.29 is 9.84 Å². The predicted molar refractivity (Wildman–Crippen MR) is 127 cm³/mol. The highest BCUT2D eigenvalue weighted by molar-refractivity contribution is 7.99. The third-order valence-electron chi connectivity index (χ3n) is 4.63. The fraction of sp³-hybridized carbons (Fsp3) is 0.333. The zero-order valence-corrected chi connectivity index (χ0v) is 18.9. The van der Waals surface area contributed by atoms with E-state index in [1.807, 2.05) is 42.1 Å². The molecule has 2 aromatic carbocycles. The number of aromatic hydroxyl groups is 1. The average Bonchev–Trinajstić information content (AvgIpc) is 3.20. The van der Waals surface area contributed by atoms with Gasteiger partial charge in [-0.25, -0.2) is 0 Å². The smallest absolute Gasteiger partial charge is 0.120 e. The molecule has 0 aliphatic carbocycles. The Morgan fingerprint density at radius 3 is 2.55 bits per heavy atom. The summed E-state index contributed by atoms with van der Waals surface area (Å²) in [5.41, 5.74) is 3.41. The largest absolute Gasteiger partial charge is 0.508 e. The molecule has 0 saturated carbocycles. The van der Waals surface area contributed by atoms with Gasteiger partial charge in [0.2, 0.25) is 0 Å². The van der Waals surface area contributed by atoms with Crippen LogP contribution in [0.1, 0.15) is 29.7 Å². The molecule has 1 atom stereocenters. The lowest BCUT2D eigenvalue weighted by Crippen LogP contribution is -2.15. The van der Waals surface area contributed by atoms with Crippen molar-refractivity contribution in [1.82, 2.24) is 4.90 Å². The van der Waals surface area contributed by atoms with Gasteiger partial charge in [0.1, 0.15) is 11.5 Å². The summed E-state index contributed by atoms with van der Waals surface area (Å²) < 4.78 is 5.84. The van der Waals surface area contributed by atoms with E-state index in [0.29, 0.717) is 5.75 Å². The van der Waals surface area contributed by atoms with Gasteiger partial charge in [-0.15, -0.1) is 23.1 Å². The van der Waals surface area contributed by atoms with Crippen molar-refractivity contribution in [2.45, 2.75) is 18.6 Å². The Morgan fingerprint density at radius 1 is 1.10 bits per heavy atom. The molecule has 1 unspecified atom stereocenters. The van der Waals surface area contributed by atoms with E-state index in [1.165, 1.54) is 16.0 Å². The molecule has 5 heteroatoms. The molecule has 0 radical (unpaired) electrons. The Kier molecular flexibility index (Phi) is 8.04. The molecule has 1 aromatic heterocycles. The average molecular weight is 428 g/mol. The molecule has 0 saturated heterocycles. The highest BCUT2D eigenvalue weighted by Crippen LogP contribution is 2.42. The maximum absolute atomic E-state index is 10.3. The SMILES string of the molecule is CCSC(c1csc(-c2ccc(OCCCN(C)C)cc2)c1)c1ccccc1O. The number of ether oxygens (including phenoxy) is 1. The van der Waals surface area contributed by atoms with Crippen LogP contribution in [0.2, 0.25) is 0 Å². The van der Waals surface area contributed by atoms with Crippen LogP contribution in [0.5, 0.6) is 11.5 Å². The zero-order chi connectivity index (χ0) is 20.6. The van der Waals surface area contributed by atoms with Gasteiger partial charge in [-0.3, -0.25) is 0 Å². The molecule has 0 bridgehead atoms. The maximum atomic E-state index is 10.3. The second-order valence-electron chi connectivity index (χ2n) is 7.17. The van der Waals surface area contributed by atoms with Crippen LogP contribution in [0, 0.1) is 0 Å². The summed E-state index contributed by atoms with van der Waals surface area (Å²) in [7, 11) is 4.15. The van der Waals surface area contributed by atoms with Crippen LogP contribution in [-0.2, 0) is 0 Å². The lowest BCUT2D eigenvalue weighted by Gasteiger charge is -2.16. The number of phenolic OH excluding ortho intramolecular Hbond substituents is 1. The summed E-state index contributed by atoms with van der Waals surface area (Å²) in [6.45, 7) is 3.92. The van der Waals surface area contributed by atoms with Crippen molar-refractivity contribution in [2.75, 3.05) is 33.0 Å². The van der Waals surface area contributed by atoms with Gasteiger partial charge in [0.05, 0.1) is 11.9 Å². The highest BCUT2D eigenvalue weighted by atomic mass is 32.2. The third kappa shape index (κ3) is 6.01. The van der Waals surface area contributed by atoms with Gasteiger partial charge in [0.25, 0.3) is 0 Å². The zero-order valence-electron chi connectivity index (χ0n) is 17.3. The quantitative estimate of drug-likeness (QED) is 0.385. The number of benzene rings is 2. The lowest BCUT2D eigenvalue weighted by atomic mass is 10.0. The Morgan fingerprint density at radius 2 is 1.86 bits per heavy atom. The van der Waals surface area contributed by atoms with Gasteiger partial charge in [0.15, 0.2) is 0 Å². The van der Waals surface area contributed by atoms with Gasteiger partial charge in [-0.2, -0.15) is 0 Å². The van der Waals surface area contributed by atoms with Gasteiger partial charge < -0.3 is 14.7 Å². The second-order valence-corrected chi connectivity index (χ2v) is 9.46. The van der Waals surface area contributed by atoms with Crippen LogP contribution >= 0.6 is 23.1 Å². The van der Waals surface area contributed by atoms with Crippen molar-refractivity contribution in [3.8, 4) is 21.9 Å². The third-order valence-corrected chi connectivity index (χ3v) is 6.82. The summed E-state index contributed by atoms with van der Waals surface area (Å²) in [4.78, 5) is 3.40. The van der Waals surface area contributed by atoms with E-state index >= 15 is 0 Å². The molecular weight excluding hydrogens is 398 g/mol. The summed E-state index contributed by atoms with van der Waals surface area (Å²) in [5.74, 6) is 2.27. The first-order valence-corrected chi connectivity index (χ1v) is 11.9. The molecule has 0 spiro atoms. The molecule has 0 aliphatic rings. The van der Waals surface area contributed by atoms with Crippen LogP contribution < -0.4 is 4.74 Å². The van der Waals surface area contributed by atoms with Crippen molar-refractivity contribution in [3.05, 3.63) is 71.1 Å². The van der Waals surface area contributed by atoms with Crippen molar-refractivity contribution in [3.63, 3.8) is 0 Å². The number of nitrogens with zero attached hydrogens (tertiary/aromatic N) is 1. The van der Waals surface area contributed by atoms with E-state index in [0.717, 1.165) is 36.6 Å². The molecule has 3 rings (SSSR count). The van der Waals surface area contributed by atoms with Crippen LogP contribution in [0.25, 0.3) is 10.4 Å². The molecule has 3 aromatic rings. The summed E-state index contributed by atoms with van der Waals surface area (Å²) in [6, 6.07) is 18.2. The van der Waals surface area contributed by atoms with E-state index in [-0.39, 0.29) is 5.25 Å². The van der Waals surface area contributed by atoms with Crippen LogP contribution in [-0.4, -0.2) is 43.0 Å². The molecular formula is C24H29NO2S2. The Labute approximate surface area is 182 Å². The van der Waals surface area contributed by atoms with E-state index in [4.69, 9.17) is 4.74 Å². The highest BCUT2D eigenvalue weighted by Gasteiger charge is 2.19. The van der Waals surface area contributed by atoms with E-state index in [9.17, 15) is 5.11 Å². The minimum Gasteiger partial charge on any atom is -0.508 e. The number of thiophene rings is 1. The van der Waals surface area contributed by atoms with Crippen molar-refractivity contribution in [2.24, 2.45) is 0 Å². The van der Waals surface area contributed by atoms with Crippen molar-refractivity contribution in [1.29, 1.82) is 0 Å². The Hall–Kier alpha value is -1.95. The second kappa shape index (κ2) is 10.7. The molecule has 0 aliphatic heterocycles. The van der Waals surface area contributed by atoms with Crippen molar-refractivity contribution >= 4 is 23.1 Å². The number of hydrogen-bond acceptors (Lipinski definition) is 5. The maximum Gasteiger partial charge on any atom is 0.120 e. The van der Waals surface area contributed by atoms with Crippen LogP contribution in [0.3, 0.4) is 0 Å². The molecule has 0 fully saturated rings. The standard InChI is InChI=1S/C24H29NO2S2/c1-4-28-24(21-8-5-6-9-22(21)26)19-16-23(29-17-19)18-10-12-20(13-11-18)27-15-7-14-25(2)3/h5-6,8-13,16-17,24,26H,4,7,14-15H2,1-3H3. The lowest BCUT2D eigenvalue weighted by molar-refractivity contribution is 0.281. The normalized spacial score (nSPS) is 12.3. The molecule has 29 heavy (non-hydrogen) atoms. The Balaban J connectivity index is 1.70. The monoisotopic (exact) mass is 427 g/mol. The number of phenols is 1. The summed E-state index contributed by atoms with van der Waals surface area (Å²) in [5, 5.41) is 12.7. The molecule has 0 amide bonds. The van der Waals surface area contributed by atoms with E-state index < -0.39 is 0 Å². The minimum absolute atomic E-state index is 0.144. The number of para-hydroxylation sites is 1. The first-order chi connectivity index (χ1) is 14.1. The number of rotatable bonds is 10. The van der Waals surface area contributed by atoms with E-state index in [1.54, 1.807) is 17.4 Å². The first-order valence-electron chi connectivity index (χ1n) is 9.94. The van der Waals surface area contributed by atoms with Crippen LogP contribution in [0.15, 0.2) is 60.0 Å². The fourth-order valence-electron chi connectivity index (χ4n) is 3.17. The molecule has 3 nitrogen and oxygen atoms in total. The molecule has 1 heterocycles. The number of thioether (sulfide) groups is 1. The van der Waals surface area contributed by atoms with Gasteiger partial charge in [-0.05, 0) is 79.2 Å². The topological polar surface area (TPSA) is 32.7 Å². The minimum atomic E-state index is 0.144. The van der Waals surface area contributed by atoms with Crippen LogP contribution in [0.4, 0.5) is 0 Å². The predicted octanol–water partition coefficient (Wildman–Crippen LogP) is 6.29. The van der Waals surface area contributed by atoms with E-state index in [2.05, 4.69) is 49.5 Å². The molecule has 154 valence electrons. The number of hydrogen-bond donors (Lipinski definition) is 1. The Bertz CT molecular complexity index is 890.